The average Bonchev–Trinajstić information content (AvgIpc) is 2.41. The SMILES string of the molecule is O=C(O)c1ccc(Cn2cccc([N+](=O)[O-])c2=O)nc1. The molecule has 0 atom stereocenters. The molecule has 0 unspecified atom stereocenters. The monoisotopic (exact) mass is 275 g/mol. The predicted octanol–water partition coefficient (Wildman–Crippen LogP) is 0.898. The van der Waals surface area contributed by atoms with Gasteiger partial charge in [-0.15, -0.1) is 0 Å². The summed E-state index contributed by atoms with van der Waals surface area (Å²) in [4.78, 5) is 36.3. The van der Waals surface area contributed by atoms with Gasteiger partial charge in [-0.3, -0.25) is 19.9 Å². The summed E-state index contributed by atoms with van der Waals surface area (Å²) in [5.74, 6) is -1.10. The first kappa shape index (κ1) is 13.4. The molecule has 0 aliphatic carbocycles. The molecule has 1 N–H and O–H groups in total. The third kappa shape index (κ3) is 2.69. The third-order valence-electron chi connectivity index (χ3n) is 2.60. The summed E-state index contributed by atoms with van der Waals surface area (Å²) in [6.07, 6.45) is 2.57. The van der Waals surface area contributed by atoms with Crippen molar-refractivity contribution in [2.45, 2.75) is 6.54 Å². The van der Waals surface area contributed by atoms with Crippen molar-refractivity contribution in [3.8, 4) is 0 Å². The first-order chi connectivity index (χ1) is 9.49. The quantitative estimate of drug-likeness (QED) is 0.654. The van der Waals surface area contributed by atoms with E-state index in [2.05, 4.69) is 4.98 Å². The van der Waals surface area contributed by atoms with Crippen LogP contribution < -0.4 is 5.56 Å². The Kier molecular flexibility index (Phi) is 3.56. The molecule has 2 rings (SSSR count). The molecule has 0 aromatic carbocycles. The lowest BCUT2D eigenvalue weighted by molar-refractivity contribution is -0.386. The van der Waals surface area contributed by atoms with Crippen LogP contribution in [0.2, 0.25) is 0 Å². The summed E-state index contributed by atoms with van der Waals surface area (Å²) >= 11 is 0. The van der Waals surface area contributed by atoms with Gasteiger partial charge in [-0.05, 0) is 18.2 Å². The maximum Gasteiger partial charge on any atom is 0.337 e. The molecule has 0 radical (unpaired) electrons. The Morgan fingerprint density at radius 3 is 2.70 bits per heavy atom. The fourth-order valence-electron chi connectivity index (χ4n) is 1.61. The number of nitro groups is 1. The van der Waals surface area contributed by atoms with Gasteiger partial charge >= 0.3 is 17.2 Å². The maximum absolute atomic E-state index is 11.8. The zero-order valence-corrected chi connectivity index (χ0v) is 10.1. The van der Waals surface area contributed by atoms with Gasteiger partial charge in [0.05, 0.1) is 22.7 Å². The fourth-order valence-corrected chi connectivity index (χ4v) is 1.61. The molecular weight excluding hydrogens is 266 g/mol. The van der Waals surface area contributed by atoms with E-state index in [1.54, 1.807) is 0 Å². The Bertz CT molecular complexity index is 721. The third-order valence-corrected chi connectivity index (χ3v) is 2.60. The average molecular weight is 275 g/mol. The number of aromatic nitrogens is 2. The van der Waals surface area contributed by atoms with Gasteiger partial charge in [0.1, 0.15) is 0 Å². The van der Waals surface area contributed by atoms with Crippen molar-refractivity contribution in [1.29, 1.82) is 0 Å². The second-order valence-corrected chi connectivity index (χ2v) is 3.93. The van der Waals surface area contributed by atoms with Gasteiger partial charge in [0.25, 0.3) is 0 Å². The fraction of sp³-hybridized carbons (Fsp3) is 0.0833. The van der Waals surface area contributed by atoms with Crippen LogP contribution in [0.4, 0.5) is 5.69 Å². The van der Waals surface area contributed by atoms with Crippen LogP contribution in [-0.4, -0.2) is 25.6 Å². The van der Waals surface area contributed by atoms with Crippen LogP contribution in [0, 0.1) is 10.1 Å². The van der Waals surface area contributed by atoms with Gasteiger partial charge in [-0.2, -0.15) is 0 Å². The summed E-state index contributed by atoms with van der Waals surface area (Å²) in [5, 5.41) is 19.4. The zero-order valence-electron chi connectivity index (χ0n) is 10.1. The van der Waals surface area contributed by atoms with Crippen molar-refractivity contribution in [3.05, 3.63) is 68.4 Å². The maximum atomic E-state index is 11.8. The molecular formula is C12H9N3O5. The number of carboxylic acids is 1. The molecule has 0 amide bonds. The van der Waals surface area contributed by atoms with E-state index in [1.165, 1.54) is 30.6 Å². The zero-order chi connectivity index (χ0) is 14.7. The summed E-state index contributed by atoms with van der Waals surface area (Å²) < 4.78 is 1.14. The molecule has 0 aliphatic rings. The minimum atomic E-state index is -1.10. The standard InChI is InChI=1S/C12H9N3O5/c16-11-10(15(19)20)2-1-5-14(11)7-9-4-3-8(6-13-9)12(17)18/h1-6H,7H2,(H,17,18). The van der Waals surface area contributed by atoms with E-state index in [0.29, 0.717) is 5.69 Å². The Hall–Kier alpha value is -3.03. The molecule has 0 aliphatic heterocycles. The number of hydrogen-bond acceptors (Lipinski definition) is 5. The van der Waals surface area contributed by atoms with Gasteiger partial charge in [0.15, 0.2) is 0 Å². The molecule has 8 nitrogen and oxygen atoms in total. The Balaban J connectivity index is 2.31. The second-order valence-electron chi connectivity index (χ2n) is 3.93. The highest BCUT2D eigenvalue weighted by atomic mass is 16.6. The number of nitrogens with zero attached hydrogens (tertiary/aromatic N) is 3. The first-order valence-corrected chi connectivity index (χ1v) is 5.51. The molecule has 20 heavy (non-hydrogen) atoms. The minimum Gasteiger partial charge on any atom is -0.478 e. The van der Waals surface area contributed by atoms with Crippen LogP contribution in [0.15, 0.2) is 41.5 Å². The van der Waals surface area contributed by atoms with Crippen LogP contribution in [-0.2, 0) is 6.54 Å². The highest BCUT2D eigenvalue weighted by molar-refractivity contribution is 5.87. The predicted molar refractivity (Wildman–Crippen MR) is 67.7 cm³/mol. The largest absolute Gasteiger partial charge is 0.478 e. The van der Waals surface area contributed by atoms with E-state index >= 15 is 0 Å². The van der Waals surface area contributed by atoms with Gasteiger partial charge in [0.2, 0.25) is 0 Å². The molecule has 2 aromatic heterocycles. The molecule has 102 valence electrons. The van der Waals surface area contributed by atoms with Gasteiger partial charge in [0, 0.05) is 18.5 Å². The number of hydrogen-bond donors (Lipinski definition) is 1. The summed E-state index contributed by atoms with van der Waals surface area (Å²) in [6.45, 7) is 0.0282. The summed E-state index contributed by atoms with van der Waals surface area (Å²) in [7, 11) is 0. The van der Waals surface area contributed by atoms with Crippen LogP contribution in [0.25, 0.3) is 0 Å². The lowest BCUT2D eigenvalue weighted by Gasteiger charge is -2.04. The smallest absolute Gasteiger partial charge is 0.337 e. The highest BCUT2D eigenvalue weighted by Gasteiger charge is 2.13. The van der Waals surface area contributed by atoms with Crippen molar-refractivity contribution in [2.24, 2.45) is 0 Å². The van der Waals surface area contributed by atoms with Crippen molar-refractivity contribution < 1.29 is 14.8 Å². The lowest BCUT2D eigenvalue weighted by atomic mass is 10.2. The van der Waals surface area contributed by atoms with E-state index < -0.39 is 22.1 Å². The van der Waals surface area contributed by atoms with Crippen LogP contribution in [0.3, 0.4) is 0 Å². The van der Waals surface area contributed by atoms with Gasteiger partial charge in [-0.25, -0.2) is 4.79 Å². The molecule has 2 heterocycles. The minimum absolute atomic E-state index is 0.0279. The normalized spacial score (nSPS) is 10.2. The summed E-state index contributed by atoms with van der Waals surface area (Å²) in [6, 6.07) is 5.33. The van der Waals surface area contributed by atoms with E-state index in [4.69, 9.17) is 5.11 Å². The molecule has 0 saturated heterocycles. The Labute approximate surface area is 112 Å². The number of rotatable bonds is 4. The van der Waals surface area contributed by atoms with E-state index in [9.17, 15) is 19.7 Å². The topological polar surface area (TPSA) is 115 Å². The molecule has 2 aromatic rings. The number of aromatic carboxylic acids is 1. The molecule has 8 heteroatoms. The van der Waals surface area contributed by atoms with E-state index in [-0.39, 0.29) is 12.1 Å². The Morgan fingerprint density at radius 1 is 1.40 bits per heavy atom. The molecule has 0 spiro atoms. The lowest BCUT2D eigenvalue weighted by Crippen LogP contribution is -2.22. The first-order valence-electron chi connectivity index (χ1n) is 5.51. The van der Waals surface area contributed by atoms with Crippen molar-refractivity contribution in [1.82, 2.24) is 9.55 Å². The van der Waals surface area contributed by atoms with Crippen molar-refractivity contribution in [3.63, 3.8) is 0 Å². The van der Waals surface area contributed by atoms with Gasteiger partial charge < -0.3 is 9.67 Å². The van der Waals surface area contributed by atoms with Crippen LogP contribution >= 0.6 is 0 Å². The Morgan fingerprint density at radius 2 is 2.15 bits per heavy atom. The summed E-state index contributed by atoms with van der Waals surface area (Å²) in [5.41, 5.74) is -0.797. The van der Waals surface area contributed by atoms with Gasteiger partial charge in [-0.1, -0.05) is 0 Å². The van der Waals surface area contributed by atoms with E-state index in [0.717, 1.165) is 10.6 Å². The van der Waals surface area contributed by atoms with Crippen molar-refractivity contribution in [2.75, 3.05) is 0 Å². The molecule has 0 fully saturated rings. The number of carboxylic acid groups (broad SMARTS) is 1. The molecule has 0 bridgehead atoms. The second kappa shape index (κ2) is 5.31. The van der Waals surface area contributed by atoms with Crippen molar-refractivity contribution >= 4 is 11.7 Å². The van der Waals surface area contributed by atoms with E-state index in [1.807, 2.05) is 0 Å². The number of pyridine rings is 2. The van der Waals surface area contributed by atoms with Crippen LogP contribution in [0.5, 0.6) is 0 Å². The highest BCUT2D eigenvalue weighted by Crippen LogP contribution is 2.05. The molecule has 0 saturated carbocycles. The number of carbonyl (C=O) groups is 1. The van der Waals surface area contributed by atoms with Crippen LogP contribution in [0.1, 0.15) is 16.1 Å².